The minimum absolute atomic E-state index is 0.221. The Balaban J connectivity index is 2.03. The molecule has 1 fully saturated rings. The zero-order valence-electron chi connectivity index (χ0n) is 13.6. The molecule has 2 rings (SSSR count). The SMILES string of the molecule is CCC(C)n1nc(NC(=O)N2CCC(C)(C(=O)O)C2)cc1C. The molecular weight excluding hydrogens is 284 g/mol. The van der Waals surface area contributed by atoms with Crippen LogP contribution in [-0.2, 0) is 4.79 Å². The van der Waals surface area contributed by atoms with Crippen molar-refractivity contribution in [3.05, 3.63) is 11.8 Å². The molecule has 122 valence electrons. The smallest absolute Gasteiger partial charge is 0.323 e. The molecule has 0 saturated carbocycles. The molecule has 2 N–H and O–H groups in total. The highest BCUT2D eigenvalue weighted by Crippen LogP contribution is 2.30. The maximum absolute atomic E-state index is 12.3. The Morgan fingerprint density at radius 2 is 2.23 bits per heavy atom. The number of carboxylic acid groups (broad SMARTS) is 1. The fraction of sp³-hybridized carbons (Fsp3) is 0.667. The van der Waals surface area contributed by atoms with Crippen LogP contribution in [0.25, 0.3) is 0 Å². The van der Waals surface area contributed by atoms with Crippen molar-refractivity contribution < 1.29 is 14.7 Å². The Morgan fingerprint density at radius 3 is 2.77 bits per heavy atom. The van der Waals surface area contributed by atoms with E-state index in [0.29, 0.717) is 18.8 Å². The first-order valence-corrected chi connectivity index (χ1v) is 7.62. The number of rotatable bonds is 4. The highest BCUT2D eigenvalue weighted by molar-refractivity contribution is 5.89. The number of carboxylic acids is 1. The van der Waals surface area contributed by atoms with Gasteiger partial charge in [-0.1, -0.05) is 6.92 Å². The van der Waals surface area contributed by atoms with Gasteiger partial charge in [0.1, 0.15) is 0 Å². The van der Waals surface area contributed by atoms with Crippen LogP contribution in [0, 0.1) is 12.3 Å². The summed E-state index contributed by atoms with van der Waals surface area (Å²) in [5.41, 5.74) is 0.130. The van der Waals surface area contributed by atoms with Gasteiger partial charge >= 0.3 is 12.0 Å². The van der Waals surface area contributed by atoms with Gasteiger partial charge in [-0.3, -0.25) is 14.8 Å². The van der Waals surface area contributed by atoms with Crippen molar-refractivity contribution in [3.8, 4) is 0 Å². The van der Waals surface area contributed by atoms with Crippen LogP contribution in [0.1, 0.15) is 45.3 Å². The molecule has 0 spiro atoms. The quantitative estimate of drug-likeness (QED) is 0.894. The van der Waals surface area contributed by atoms with Crippen LogP contribution in [0.5, 0.6) is 0 Å². The lowest BCUT2D eigenvalue weighted by atomic mass is 9.90. The molecule has 1 aliphatic rings. The summed E-state index contributed by atoms with van der Waals surface area (Å²) in [6, 6.07) is 1.81. The fourth-order valence-electron chi connectivity index (χ4n) is 2.67. The zero-order chi connectivity index (χ0) is 16.5. The van der Waals surface area contributed by atoms with Crippen molar-refractivity contribution in [1.29, 1.82) is 0 Å². The number of anilines is 1. The van der Waals surface area contributed by atoms with Gasteiger partial charge in [0.2, 0.25) is 0 Å². The van der Waals surface area contributed by atoms with E-state index in [1.807, 2.05) is 17.7 Å². The van der Waals surface area contributed by atoms with Gasteiger partial charge < -0.3 is 10.0 Å². The summed E-state index contributed by atoms with van der Waals surface area (Å²) in [4.78, 5) is 25.0. The average Bonchev–Trinajstić information content (AvgIpc) is 3.02. The summed E-state index contributed by atoms with van der Waals surface area (Å²) >= 11 is 0. The number of likely N-dealkylation sites (tertiary alicyclic amines) is 1. The molecule has 7 nitrogen and oxygen atoms in total. The van der Waals surface area contributed by atoms with Crippen molar-refractivity contribution >= 4 is 17.8 Å². The predicted octanol–water partition coefficient (Wildman–Crippen LogP) is 2.49. The van der Waals surface area contributed by atoms with E-state index in [1.165, 1.54) is 4.90 Å². The third kappa shape index (κ3) is 3.08. The molecule has 1 saturated heterocycles. The molecule has 2 amide bonds. The van der Waals surface area contributed by atoms with Gasteiger partial charge in [-0.2, -0.15) is 5.10 Å². The Labute approximate surface area is 130 Å². The number of urea groups is 1. The molecule has 7 heteroatoms. The monoisotopic (exact) mass is 308 g/mol. The van der Waals surface area contributed by atoms with E-state index in [4.69, 9.17) is 0 Å². The summed E-state index contributed by atoms with van der Waals surface area (Å²) in [5, 5.41) is 16.4. The van der Waals surface area contributed by atoms with E-state index < -0.39 is 11.4 Å². The number of nitrogens with one attached hydrogen (secondary N) is 1. The summed E-state index contributed by atoms with van der Waals surface area (Å²) in [7, 11) is 0. The summed E-state index contributed by atoms with van der Waals surface area (Å²) < 4.78 is 1.89. The summed E-state index contributed by atoms with van der Waals surface area (Å²) in [6.07, 6.45) is 1.43. The first-order chi connectivity index (χ1) is 10.3. The number of nitrogens with zero attached hydrogens (tertiary/aromatic N) is 3. The molecule has 2 heterocycles. The number of amides is 2. The maximum atomic E-state index is 12.3. The van der Waals surface area contributed by atoms with Gasteiger partial charge in [0.25, 0.3) is 0 Å². The molecule has 2 unspecified atom stereocenters. The lowest BCUT2D eigenvalue weighted by Crippen LogP contribution is -2.37. The zero-order valence-corrected chi connectivity index (χ0v) is 13.6. The van der Waals surface area contributed by atoms with Crippen LogP contribution in [0.3, 0.4) is 0 Å². The predicted molar refractivity (Wildman–Crippen MR) is 82.9 cm³/mol. The number of aliphatic carboxylic acids is 1. The van der Waals surface area contributed by atoms with Crippen molar-refractivity contribution in [3.63, 3.8) is 0 Å². The van der Waals surface area contributed by atoms with Crippen LogP contribution in [0.2, 0.25) is 0 Å². The first kappa shape index (κ1) is 16.3. The Hall–Kier alpha value is -2.05. The second kappa shape index (κ2) is 5.98. The number of aryl methyl sites for hydroxylation is 1. The van der Waals surface area contributed by atoms with Crippen LogP contribution in [0.4, 0.5) is 10.6 Å². The molecule has 1 aromatic heterocycles. The summed E-state index contributed by atoms with van der Waals surface area (Å²) in [5.74, 6) is -0.355. The third-order valence-corrected chi connectivity index (χ3v) is 4.44. The van der Waals surface area contributed by atoms with E-state index in [2.05, 4.69) is 24.3 Å². The third-order valence-electron chi connectivity index (χ3n) is 4.44. The largest absolute Gasteiger partial charge is 0.481 e. The van der Waals surface area contributed by atoms with Crippen molar-refractivity contribution in [1.82, 2.24) is 14.7 Å². The fourth-order valence-corrected chi connectivity index (χ4v) is 2.67. The van der Waals surface area contributed by atoms with Gasteiger partial charge in [0.05, 0.1) is 5.41 Å². The Morgan fingerprint density at radius 1 is 1.55 bits per heavy atom. The second-order valence-electron chi connectivity index (χ2n) is 6.34. The van der Waals surface area contributed by atoms with Crippen LogP contribution >= 0.6 is 0 Å². The number of carbonyl (C=O) groups excluding carboxylic acids is 1. The van der Waals surface area contributed by atoms with Gasteiger partial charge in [-0.25, -0.2) is 4.79 Å². The standard InChI is InChI=1S/C15H24N4O3/c1-5-10(2)19-11(3)8-12(17-19)16-14(22)18-7-6-15(4,9-18)13(20)21/h8,10H,5-7,9H2,1-4H3,(H,20,21)(H,16,17,22). The molecule has 0 bridgehead atoms. The number of carbonyl (C=O) groups is 2. The molecular formula is C15H24N4O3. The van der Waals surface area contributed by atoms with Crippen LogP contribution in [-0.4, -0.2) is 44.9 Å². The highest BCUT2D eigenvalue weighted by Gasteiger charge is 2.42. The lowest BCUT2D eigenvalue weighted by Gasteiger charge is -2.20. The van der Waals surface area contributed by atoms with E-state index in [-0.39, 0.29) is 18.6 Å². The van der Waals surface area contributed by atoms with E-state index in [9.17, 15) is 14.7 Å². The van der Waals surface area contributed by atoms with Crippen molar-refractivity contribution in [2.45, 2.75) is 46.6 Å². The molecule has 0 radical (unpaired) electrons. The summed E-state index contributed by atoms with van der Waals surface area (Å²) in [6.45, 7) is 8.45. The molecule has 0 aliphatic carbocycles. The second-order valence-corrected chi connectivity index (χ2v) is 6.34. The lowest BCUT2D eigenvalue weighted by molar-refractivity contribution is -0.146. The van der Waals surface area contributed by atoms with Gasteiger partial charge in [-0.05, 0) is 33.6 Å². The van der Waals surface area contributed by atoms with Crippen molar-refractivity contribution in [2.24, 2.45) is 5.41 Å². The molecule has 1 aliphatic heterocycles. The number of aromatic nitrogens is 2. The van der Waals surface area contributed by atoms with E-state index in [1.54, 1.807) is 6.92 Å². The van der Waals surface area contributed by atoms with Crippen molar-refractivity contribution in [2.75, 3.05) is 18.4 Å². The van der Waals surface area contributed by atoms with Gasteiger partial charge in [-0.15, -0.1) is 0 Å². The first-order valence-electron chi connectivity index (χ1n) is 7.62. The molecule has 22 heavy (non-hydrogen) atoms. The van der Waals surface area contributed by atoms with Gasteiger partial charge in [0, 0.05) is 30.9 Å². The Bertz CT molecular complexity index is 583. The molecule has 0 aromatic carbocycles. The van der Waals surface area contributed by atoms with E-state index in [0.717, 1.165) is 12.1 Å². The van der Waals surface area contributed by atoms with E-state index >= 15 is 0 Å². The number of hydrogen-bond acceptors (Lipinski definition) is 3. The van der Waals surface area contributed by atoms with Gasteiger partial charge in [0.15, 0.2) is 5.82 Å². The highest BCUT2D eigenvalue weighted by atomic mass is 16.4. The topological polar surface area (TPSA) is 87.5 Å². The average molecular weight is 308 g/mol. The van der Waals surface area contributed by atoms with Crippen LogP contribution in [0.15, 0.2) is 6.07 Å². The maximum Gasteiger partial charge on any atom is 0.323 e. The Kier molecular flexibility index (Phi) is 4.44. The molecule has 2 atom stereocenters. The number of hydrogen-bond donors (Lipinski definition) is 2. The normalized spacial score (nSPS) is 22.6. The minimum atomic E-state index is -0.861. The minimum Gasteiger partial charge on any atom is -0.481 e. The van der Waals surface area contributed by atoms with Crippen LogP contribution < -0.4 is 5.32 Å². The molecule has 1 aromatic rings.